The van der Waals surface area contributed by atoms with Crippen molar-refractivity contribution in [2.45, 2.75) is 46.3 Å². The summed E-state index contributed by atoms with van der Waals surface area (Å²) in [5, 5.41) is 10.8. The van der Waals surface area contributed by atoms with Gasteiger partial charge < -0.3 is 20.3 Å². The van der Waals surface area contributed by atoms with E-state index in [1.54, 1.807) is 11.1 Å². The number of aromatic nitrogens is 2. The highest BCUT2D eigenvalue weighted by Crippen LogP contribution is 2.11. The van der Waals surface area contributed by atoms with Crippen LogP contribution >= 0.6 is 0 Å². The highest BCUT2D eigenvalue weighted by molar-refractivity contribution is 5.79. The van der Waals surface area contributed by atoms with E-state index in [2.05, 4.69) is 32.5 Å². The second kappa shape index (κ2) is 11.0. The lowest BCUT2D eigenvalue weighted by molar-refractivity contribution is 0.0145. The van der Waals surface area contributed by atoms with Gasteiger partial charge in [0.1, 0.15) is 5.60 Å². The molecular weight excluding hydrogens is 370 g/mol. The second-order valence-corrected chi connectivity index (χ2v) is 8.23. The topological polar surface area (TPSA) is 87.0 Å². The van der Waals surface area contributed by atoms with Crippen molar-refractivity contribution in [3.63, 3.8) is 0 Å². The van der Waals surface area contributed by atoms with Gasteiger partial charge in [0, 0.05) is 52.5 Å². The van der Waals surface area contributed by atoms with Gasteiger partial charge in [0.25, 0.3) is 0 Å². The molecule has 29 heavy (non-hydrogen) atoms. The largest absolute Gasteiger partial charge is 0.444 e. The van der Waals surface area contributed by atoms with E-state index in [1.165, 1.54) is 0 Å². The number of amides is 1. The monoisotopic (exact) mass is 407 g/mol. The molecule has 1 aliphatic rings. The van der Waals surface area contributed by atoms with Gasteiger partial charge in [0.05, 0.1) is 12.2 Å². The van der Waals surface area contributed by atoms with Crippen LogP contribution in [0.2, 0.25) is 0 Å². The van der Waals surface area contributed by atoms with Crippen LogP contribution in [-0.4, -0.2) is 83.0 Å². The Morgan fingerprint density at radius 1 is 1.24 bits per heavy atom. The lowest BCUT2D eigenvalue weighted by Gasteiger charge is -2.35. The molecular formula is C20H37N7O2. The average Bonchev–Trinajstić information content (AvgIpc) is 3.07. The Balaban J connectivity index is 1.66. The summed E-state index contributed by atoms with van der Waals surface area (Å²) >= 11 is 0. The maximum Gasteiger partial charge on any atom is 0.410 e. The first-order valence-corrected chi connectivity index (χ1v) is 10.5. The molecule has 1 saturated heterocycles. The van der Waals surface area contributed by atoms with E-state index in [4.69, 9.17) is 4.74 Å². The first-order chi connectivity index (χ1) is 13.8. The minimum absolute atomic E-state index is 0.210. The number of piperazine rings is 1. The summed E-state index contributed by atoms with van der Waals surface area (Å²) in [6, 6.07) is 1.98. The number of guanidine groups is 1. The summed E-state index contributed by atoms with van der Waals surface area (Å²) in [7, 11) is 1.92. The molecule has 0 atom stereocenters. The van der Waals surface area contributed by atoms with Gasteiger partial charge in [-0.15, -0.1) is 0 Å². The average molecular weight is 408 g/mol. The summed E-state index contributed by atoms with van der Waals surface area (Å²) in [4.78, 5) is 20.9. The first kappa shape index (κ1) is 23.0. The number of hydrogen-bond acceptors (Lipinski definition) is 5. The van der Waals surface area contributed by atoms with Crippen LogP contribution in [-0.2, 0) is 18.3 Å². The molecule has 0 saturated carbocycles. The number of aliphatic imine (C=N–C) groups is 1. The molecule has 1 aromatic heterocycles. The molecule has 0 aromatic carbocycles. The third kappa shape index (κ3) is 8.31. The van der Waals surface area contributed by atoms with E-state index in [1.807, 2.05) is 38.6 Å². The summed E-state index contributed by atoms with van der Waals surface area (Å²) in [6.07, 6.45) is 2.59. The highest BCUT2D eigenvalue weighted by Gasteiger charge is 2.25. The van der Waals surface area contributed by atoms with Crippen LogP contribution in [0.1, 0.15) is 39.8 Å². The van der Waals surface area contributed by atoms with E-state index >= 15 is 0 Å². The SMILES string of the molecule is CCNC(=NCc1ccnn1C)NCCCN1CCN(C(=O)OC(C)(C)C)CC1. The highest BCUT2D eigenvalue weighted by atomic mass is 16.6. The zero-order chi connectivity index (χ0) is 21.3. The number of rotatable bonds is 7. The van der Waals surface area contributed by atoms with Crippen molar-refractivity contribution in [1.29, 1.82) is 0 Å². The number of hydrogen-bond donors (Lipinski definition) is 2. The molecule has 1 aromatic rings. The van der Waals surface area contributed by atoms with Crippen LogP contribution in [0.5, 0.6) is 0 Å². The molecule has 0 aliphatic carbocycles. The molecule has 0 spiro atoms. The van der Waals surface area contributed by atoms with Crippen molar-refractivity contribution >= 4 is 12.1 Å². The van der Waals surface area contributed by atoms with Crippen molar-refractivity contribution in [2.75, 3.05) is 45.8 Å². The Labute approximate surface area is 174 Å². The lowest BCUT2D eigenvalue weighted by Crippen LogP contribution is -2.50. The molecule has 9 nitrogen and oxygen atoms in total. The molecule has 164 valence electrons. The van der Waals surface area contributed by atoms with E-state index in [9.17, 15) is 4.79 Å². The Morgan fingerprint density at radius 3 is 2.55 bits per heavy atom. The molecule has 0 radical (unpaired) electrons. The Morgan fingerprint density at radius 2 is 1.97 bits per heavy atom. The molecule has 1 fully saturated rings. The number of nitrogens with zero attached hydrogens (tertiary/aromatic N) is 5. The Hall–Kier alpha value is -2.29. The van der Waals surface area contributed by atoms with Gasteiger partial charge in [-0.2, -0.15) is 5.10 Å². The molecule has 0 bridgehead atoms. The lowest BCUT2D eigenvalue weighted by atomic mass is 10.2. The Bertz CT molecular complexity index is 658. The van der Waals surface area contributed by atoms with Crippen LogP contribution < -0.4 is 10.6 Å². The van der Waals surface area contributed by atoms with E-state index in [-0.39, 0.29) is 6.09 Å². The number of nitrogens with one attached hydrogen (secondary N) is 2. The minimum atomic E-state index is -0.442. The van der Waals surface area contributed by atoms with Gasteiger partial charge in [0.2, 0.25) is 0 Å². The predicted octanol–water partition coefficient (Wildman–Crippen LogP) is 1.42. The predicted molar refractivity (Wildman–Crippen MR) is 115 cm³/mol. The standard InChI is InChI=1S/C20H37N7O2/c1-6-21-18(23-16-17-8-10-24-25(17)5)22-9-7-11-26-12-14-27(15-13-26)19(28)29-20(2,3)4/h8,10H,6-7,9,11-16H2,1-5H3,(H2,21,22,23). The Kier molecular flexibility index (Phi) is 8.75. The van der Waals surface area contributed by atoms with E-state index in [0.717, 1.165) is 63.9 Å². The normalized spacial score (nSPS) is 16.0. The number of carbonyl (C=O) groups is 1. The number of aryl methyl sites for hydroxylation is 1. The summed E-state index contributed by atoms with van der Waals surface area (Å²) < 4.78 is 7.29. The van der Waals surface area contributed by atoms with E-state index < -0.39 is 5.60 Å². The smallest absolute Gasteiger partial charge is 0.410 e. The number of ether oxygens (including phenoxy) is 1. The van der Waals surface area contributed by atoms with Crippen molar-refractivity contribution < 1.29 is 9.53 Å². The molecule has 0 unspecified atom stereocenters. The quantitative estimate of drug-likeness (QED) is 0.404. The number of carbonyl (C=O) groups excluding carboxylic acids is 1. The minimum Gasteiger partial charge on any atom is -0.444 e. The zero-order valence-electron chi connectivity index (χ0n) is 18.6. The van der Waals surface area contributed by atoms with Gasteiger partial charge in [-0.3, -0.25) is 9.58 Å². The maximum atomic E-state index is 12.1. The van der Waals surface area contributed by atoms with Gasteiger partial charge in [-0.05, 0) is 46.7 Å². The van der Waals surface area contributed by atoms with Crippen molar-refractivity contribution in [3.8, 4) is 0 Å². The molecule has 2 rings (SSSR count). The van der Waals surface area contributed by atoms with Gasteiger partial charge in [0.15, 0.2) is 5.96 Å². The van der Waals surface area contributed by atoms with Crippen LogP contribution in [0, 0.1) is 0 Å². The third-order valence-corrected chi connectivity index (χ3v) is 4.63. The summed E-state index contributed by atoms with van der Waals surface area (Å²) in [6.45, 7) is 14.2. The fraction of sp³-hybridized carbons (Fsp3) is 0.750. The molecule has 2 N–H and O–H groups in total. The van der Waals surface area contributed by atoms with Gasteiger partial charge >= 0.3 is 6.09 Å². The summed E-state index contributed by atoms with van der Waals surface area (Å²) in [5.41, 5.74) is 0.632. The summed E-state index contributed by atoms with van der Waals surface area (Å²) in [5.74, 6) is 0.823. The molecule has 1 amide bonds. The molecule has 9 heteroatoms. The third-order valence-electron chi connectivity index (χ3n) is 4.63. The zero-order valence-corrected chi connectivity index (χ0v) is 18.6. The second-order valence-electron chi connectivity index (χ2n) is 8.23. The van der Waals surface area contributed by atoms with Crippen LogP contribution in [0.4, 0.5) is 4.79 Å². The van der Waals surface area contributed by atoms with Crippen molar-refractivity contribution in [3.05, 3.63) is 18.0 Å². The first-order valence-electron chi connectivity index (χ1n) is 10.5. The fourth-order valence-corrected chi connectivity index (χ4v) is 3.05. The van der Waals surface area contributed by atoms with Crippen molar-refractivity contribution in [1.82, 2.24) is 30.2 Å². The van der Waals surface area contributed by atoms with Gasteiger partial charge in [-0.1, -0.05) is 0 Å². The molecule has 2 heterocycles. The van der Waals surface area contributed by atoms with Crippen LogP contribution in [0.25, 0.3) is 0 Å². The maximum absolute atomic E-state index is 12.1. The van der Waals surface area contributed by atoms with Crippen LogP contribution in [0.3, 0.4) is 0 Å². The fourth-order valence-electron chi connectivity index (χ4n) is 3.05. The van der Waals surface area contributed by atoms with Gasteiger partial charge in [-0.25, -0.2) is 9.79 Å². The molecule has 1 aliphatic heterocycles. The van der Waals surface area contributed by atoms with E-state index in [0.29, 0.717) is 6.54 Å². The van der Waals surface area contributed by atoms with Crippen LogP contribution in [0.15, 0.2) is 17.3 Å². The van der Waals surface area contributed by atoms with Crippen molar-refractivity contribution in [2.24, 2.45) is 12.0 Å².